The molecular formula is C10H16N2O3S2. The van der Waals surface area contributed by atoms with Gasteiger partial charge >= 0.3 is 0 Å². The lowest BCUT2D eigenvalue weighted by Gasteiger charge is -2.18. The molecule has 0 aromatic carbocycles. The van der Waals surface area contributed by atoms with Crippen LogP contribution >= 0.6 is 11.3 Å². The zero-order chi connectivity index (χ0) is 12.5. The Morgan fingerprint density at radius 1 is 1.47 bits per heavy atom. The second kappa shape index (κ2) is 5.01. The number of hydrogen-bond donors (Lipinski definition) is 1. The van der Waals surface area contributed by atoms with Crippen LogP contribution in [0.5, 0.6) is 0 Å². The van der Waals surface area contributed by atoms with Crippen LogP contribution in [0.15, 0.2) is 10.4 Å². The Hall–Kier alpha value is -0.500. The Bertz CT molecular complexity index is 483. The maximum Gasteiger partial charge on any atom is 0.254 e. The molecule has 1 N–H and O–H groups in total. The largest absolute Gasteiger partial charge is 0.393 e. The first-order chi connectivity index (χ1) is 8.00. The number of aliphatic hydroxyl groups excluding tert-OH is 1. The van der Waals surface area contributed by atoms with E-state index >= 15 is 0 Å². The van der Waals surface area contributed by atoms with Crippen molar-refractivity contribution < 1.29 is 13.5 Å². The van der Waals surface area contributed by atoms with Crippen LogP contribution < -0.4 is 0 Å². The summed E-state index contributed by atoms with van der Waals surface area (Å²) >= 11 is 1.19. The summed E-state index contributed by atoms with van der Waals surface area (Å²) < 4.78 is 26.3. The van der Waals surface area contributed by atoms with E-state index in [0.29, 0.717) is 36.6 Å². The van der Waals surface area contributed by atoms with E-state index in [2.05, 4.69) is 4.98 Å². The van der Waals surface area contributed by atoms with E-state index in [4.69, 9.17) is 0 Å². The van der Waals surface area contributed by atoms with Gasteiger partial charge in [0, 0.05) is 13.1 Å². The zero-order valence-corrected chi connectivity index (χ0v) is 11.3. The van der Waals surface area contributed by atoms with Gasteiger partial charge in [0.2, 0.25) is 0 Å². The highest BCUT2D eigenvalue weighted by molar-refractivity contribution is 7.91. The standard InChI is InChI=1S/C10H16N2O3S2/c1-8-11-7-10(16-8)17(14,15)12-5-2-3-9(13)4-6-12/h7,9,13H,2-6H2,1H3. The molecule has 1 aromatic heterocycles. The predicted molar refractivity (Wildman–Crippen MR) is 65.5 cm³/mol. The van der Waals surface area contributed by atoms with E-state index in [0.717, 1.165) is 5.01 Å². The number of aliphatic hydroxyl groups is 1. The van der Waals surface area contributed by atoms with Crippen LogP contribution in [0.3, 0.4) is 0 Å². The summed E-state index contributed by atoms with van der Waals surface area (Å²) in [4.78, 5) is 3.98. The van der Waals surface area contributed by atoms with E-state index < -0.39 is 10.0 Å². The smallest absolute Gasteiger partial charge is 0.254 e. The van der Waals surface area contributed by atoms with Gasteiger partial charge in [0.05, 0.1) is 17.3 Å². The number of aryl methyl sites for hydroxylation is 1. The molecular weight excluding hydrogens is 260 g/mol. The second-order valence-electron chi connectivity index (χ2n) is 4.19. The zero-order valence-electron chi connectivity index (χ0n) is 9.66. The summed E-state index contributed by atoms with van der Waals surface area (Å²) in [5.41, 5.74) is 0. The summed E-state index contributed by atoms with van der Waals surface area (Å²) in [6, 6.07) is 0. The van der Waals surface area contributed by atoms with Crippen LogP contribution in [0.4, 0.5) is 0 Å². The fraction of sp³-hybridized carbons (Fsp3) is 0.700. The van der Waals surface area contributed by atoms with Crippen LogP contribution in [-0.4, -0.2) is 42.0 Å². The first-order valence-corrected chi connectivity index (χ1v) is 7.86. The lowest BCUT2D eigenvalue weighted by molar-refractivity contribution is 0.159. The molecule has 0 amide bonds. The number of hydrogen-bond acceptors (Lipinski definition) is 5. The van der Waals surface area contributed by atoms with Gasteiger partial charge in [-0.05, 0) is 26.2 Å². The average molecular weight is 276 g/mol. The van der Waals surface area contributed by atoms with Crippen LogP contribution in [0.2, 0.25) is 0 Å². The van der Waals surface area contributed by atoms with Gasteiger partial charge in [-0.2, -0.15) is 4.31 Å². The van der Waals surface area contributed by atoms with Crippen LogP contribution in [0.25, 0.3) is 0 Å². The van der Waals surface area contributed by atoms with Gasteiger partial charge in [0.25, 0.3) is 10.0 Å². The van der Waals surface area contributed by atoms with Crippen LogP contribution in [0.1, 0.15) is 24.3 Å². The maximum atomic E-state index is 12.3. The molecule has 1 saturated heterocycles. The Kier molecular flexibility index (Phi) is 3.82. The Balaban J connectivity index is 2.20. The van der Waals surface area contributed by atoms with Crippen molar-refractivity contribution in [3.63, 3.8) is 0 Å². The van der Waals surface area contributed by atoms with Gasteiger partial charge in [-0.1, -0.05) is 0 Å². The molecule has 0 spiro atoms. The van der Waals surface area contributed by atoms with E-state index in [1.54, 1.807) is 6.92 Å². The highest BCUT2D eigenvalue weighted by Crippen LogP contribution is 2.24. The minimum Gasteiger partial charge on any atom is -0.393 e. The first-order valence-electron chi connectivity index (χ1n) is 5.61. The quantitative estimate of drug-likeness (QED) is 0.874. The van der Waals surface area contributed by atoms with Crippen molar-refractivity contribution >= 4 is 21.4 Å². The number of sulfonamides is 1. The summed E-state index contributed by atoms with van der Waals surface area (Å²) in [7, 11) is -3.41. The summed E-state index contributed by atoms with van der Waals surface area (Å²) in [6.07, 6.45) is 2.93. The fourth-order valence-corrected chi connectivity index (χ4v) is 4.64. The lowest BCUT2D eigenvalue weighted by Crippen LogP contribution is -2.31. The van der Waals surface area contributed by atoms with Crippen molar-refractivity contribution in [1.29, 1.82) is 0 Å². The molecule has 7 heteroatoms. The number of aromatic nitrogens is 1. The van der Waals surface area contributed by atoms with Crippen molar-refractivity contribution in [2.45, 2.75) is 36.5 Å². The van der Waals surface area contributed by atoms with E-state index in [1.807, 2.05) is 0 Å². The summed E-state index contributed by atoms with van der Waals surface area (Å²) in [5.74, 6) is 0. The monoisotopic (exact) mass is 276 g/mol. The minimum absolute atomic E-state index is 0.298. The average Bonchev–Trinajstić information content (AvgIpc) is 2.58. The molecule has 96 valence electrons. The maximum absolute atomic E-state index is 12.3. The number of nitrogens with zero attached hydrogens (tertiary/aromatic N) is 2. The van der Waals surface area contributed by atoms with E-state index in [9.17, 15) is 13.5 Å². The molecule has 1 aromatic rings. The molecule has 2 heterocycles. The molecule has 0 saturated carbocycles. The highest BCUT2D eigenvalue weighted by Gasteiger charge is 2.28. The molecule has 5 nitrogen and oxygen atoms in total. The molecule has 0 aliphatic carbocycles. The molecule has 17 heavy (non-hydrogen) atoms. The third-order valence-electron chi connectivity index (χ3n) is 2.85. The van der Waals surface area contributed by atoms with Gasteiger partial charge in [0.15, 0.2) is 4.21 Å². The van der Waals surface area contributed by atoms with E-state index in [-0.39, 0.29) is 6.10 Å². The molecule has 1 aliphatic heterocycles. The number of thiazole rings is 1. The lowest BCUT2D eigenvalue weighted by atomic mass is 10.2. The Labute approximate surface area is 105 Å². The minimum atomic E-state index is -3.41. The van der Waals surface area contributed by atoms with Crippen molar-refractivity contribution in [2.24, 2.45) is 0 Å². The Morgan fingerprint density at radius 3 is 2.88 bits per heavy atom. The van der Waals surface area contributed by atoms with Crippen LogP contribution in [-0.2, 0) is 10.0 Å². The first kappa shape index (κ1) is 12.9. The van der Waals surface area contributed by atoms with Gasteiger partial charge in [0.1, 0.15) is 0 Å². The fourth-order valence-electron chi connectivity index (χ4n) is 1.88. The molecule has 1 unspecified atom stereocenters. The molecule has 2 rings (SSSR count). The van der Waals surface area contributed by atoms with Gasteiger partial charge in [-0.25, -0.2) is 13.4 Å². The van der Waals surface area contributed by atoms with Crippen molar-refractivity contribution in [3.05, 3.63) is 11.2 Å². The third-order valence-corrected chi connectivity index (χ3v) is 6.10. The van der Waals surface area contributed by atoms with Crippen molar-refractivity contribution in [3.8, 4) is 0 Å². The molecule has 1 aliphatic rings. The normalized spacial score (nSPS) is 23.5. The highest BCUT2D eigenvalue weighted by atomic mass is 32.2. The van der Waals surface area contributed by atoms with Gasteiger partial charge < -0.3 is 5.11 Å². The predicted octanol–water partition coefficient (Wildman–Crippen LogP) is 0.987. The van der Waals surface area contributed by atoms with Crippen molar-refractivity contribution in [2.75, 3.05) is 13.1 Å². The van der Waals surface area contributed by atoms with Crippen molar-refractivity contribution in [1.82, 2.24) is 9.29 Å². The van der Waals surface area contributed by atoms with Gasteiger partial charge in [-0.3, -0.25) is 0 Å². The summed E-state index contributed by atoms with van der Waals surface area (Å²) in [6.45, 7) is 2.66. The SMILES string of the molecule is Cc1ncc(S(=O)(=O)N2CCCC(O)CC2)s1. The molecule has 1 fully saturated rings. The van der Waals surface area contributed by atoms with Gasteiger partial charge in [-0.15, -0.1) is 11.3 Å². The second-order valence-corrected chi connectivity index (χ2v) is 7.59. The third kappa shape index (κ3) is 2.85. The molecule has 0 bridgehead atoms. The number of rotatable bonds is 2. The topological polar surface area (TPSA) is 70.5 Å². The van der Waals surface area contributed by atoms with E-state index in [1.165, 1.54) is 21.8 Å². The molecule has 0 radical (unpaired) electrons. The summed E-state index contributed by atoms with van der Waals surface area (Å²) in [5, 5.41) is 10.3. The Morgan fingerprint density at radius 2 is 2.24 bits per heavy atom. The molecule has 1 atom stereocenters. The van der Waals surface area contributed by atoms with Crippen LogP contribution in [0, 0.1) is 6.92 Å².